The molecule has 21 heavy (non-hydrogen) atoms. The summed E-state index contributed by atoms with van der Waals surface area (Å²) in [5.74, 6) is 0.170. The SMILES string of the molecule is CCNc1nc(NC2CC(OCC)C2)cc(C(F)(F)F)n1. The van der Waals surface area contributed by atoms with Crippen molar-refractivity contribution in [1.29, 1.82) is 0 Å². The Labute approximate surface area is 121 Å². The molecular weight excluding hydrogens is 285 g/mol. The molecule has 2 N–H and O–H groups in total. The molecule has 0 saturated heterocycles. The highest BCUT2D eigenvalue weighted by Crippen LogP contribution is 2.31. The van der Waals surface area contributed by atoms with Crippen LogP contribution in [-0.4, -0.2) is 35.3 Å². The molecule has 1 fully saturated rings. The number of rotatable bonds is 6. The highest BCUT2D eigenvalue weighted by Gasteiger charge is 2.35. The van der Waals surface area contributed by atoms with Crippen LogP contribution in [0.15, 0.2) is 6.07 Å². The molecule has 0 aromatic carbocycles. The number of hydrogen-bond donors (Lipinski definition) is 2. The van der Waals surface area contributed by atoms with Gasteiger partial charge in [0.05, 0.1) is 6.10 Å². The normalized spacial score (nSPS) is 21.8. The fraction of sp³-hybridized carbons (Fsp3) is 0.692. The number of halogens is 3. The Bertz CT molecular complexity index is 475. The number of alkyl halides is 3. The average Bonchev–Trinajstić information content (AvgIpc) is 2.35. The predicted octanol–water partition coefficient (Wildman–Crippen LogP) is 2.91. The number of anilines is 2. The van der Waals surface area contributed by atoms with Crippen LogP contribution in [0.4, 0.5) is 24.9 Å². The second-order valence-corrected chi connectivity index (χ2v) is 4.88. The third-order valence-electron chi connectivity index (χ3n) is 3.20. The minimum atomic E-state index is -4.49. The van der Waals surface area contributed by atoms with E-state index in [9.17, 15) is 13.2 Å². The molecule has 1 aliphatic carbocycles. The zero-order valence-corrected chi connectivity index (χ0v) is 12.0. The Morgan fingerprint density at radius 3 is 2.57 bits per heavy atom. The predicted molar refractivity (Wildman–Crippen MR) is 73.3 cm³/mol. The lowest BCUT2D eigenvalue weighted by molar-refractivity contribution is -0.141. The van der Waals surface area contributed by atoms with Gasteiger partial charge in [-0.1, -0.05) is 0 Å². The van der Waals surface area contributed by atoms with Gasteiger partial charge in [0.1, 0.15) is 5.82 Å². The standard InChI is InChI=1S/C13H19F3N4O/c1-3-17-12-19-10(13(14,15)16)7-11(20-12)18-8-5-9(6-8)21-4-2/h7-9H,3-6H2,1-2H3,(H2,17,18,19,20). The van der Waals surface area contributed by atoms with Gasteiger partial charge in [0.25, 0.3) is 0 Å². The maximum atomic E-state index is 12.8. The number of nitrogens with zero attached hydrogens (tertiary/aromatic N) is 2. The minimum absolute atomic E-state index is 0.0180. The molecule has 0 unspecified atom stereocenters. The Hall–Kier alpha value is -1.57. The summed E-state index contributed by atoms with van der Waals surface area (Å²) in [5.41, 5.74) is -0.948. The summed E-state index contributed by atoms with van der Waals surface area (Å²) in [6.45, 7) is 4.79. The van der Waals surface area contributed by atoms with E-state index in [1.54, 1.807) is 6.92 Å². The van der Waals surface area contributed by atoms with E-state index in [2.05, 4.69) is 20.6 Å². The van der Waals surface area contributed by atoms with Crippen LogP contribution < -0.4 is 10.6 Å². The number of hydrogen-bond acceptors (Lipinski definition) is 5. The molecule has 0 aliphatic heterocycles. The van der Waals surface area contributed by atoms with Gasteiger partial charge in [-0.2, -0.15) is 18.2 Å². The van der Waals surface area contributed by atoms with Gasteiger partial charge >= 0.3 is 6.18 Å². The lowest BCUT2D eigenvalue weighted by Crippen LogP contribution is -2.41. The molecule has 2 rings (SSSR count). The Kier molecular flexibility index (Phi) is 4.87. The highest BCUT2D eigenvalue weighted by molar-refractivity contribution is 5.44. The van der Waals surface area contributed by atoms with Crippen molar-refractivity contribution in [3.05, 3.63) is 11.8 Å². The van der Waals surface area contributed by atoms with Crippen molar-refractivity contribution in [2.24, 2.45) is 0 Å². The van der Waals surface area contributed by atoms with Crippen LogP contribution in [0.5, 0.6) is 0 Å². The Morgan fingerprint density at radius 2 is 2.00 bits per heavy atom. The molecule has 0 amide bonds. The van der Waals surface area contributed by atoms with Crippen LogP contribution in [0.25, 0.3) is 0 Å². The third-order valence-corrected chi connectivity index (χ3v) is 3.20. The summed E-state index contributed by atoms with van der Waals surface area (Å²) >= 11 is 0. The summed E-state index contributed by atoms with van der Waals surface area (Å²) in [4.78, 5) is 7.53. The maximum absolute atomic E-state index is 12.8. The van der Waals surface area contributed by atoms with Crippen molar-refractivity contribution in [2.75, 3.05) is 23.8 Å². The quantitative estimate of drug-likeness (QED) is 0.846. The van der Waals surface area contributed by atoms with Crippen molar-refractivity contribution in [3.8, 4) is 0 Å². The Morgan fingerprint density at radius 1 is 1.29 bits per heavy atom. The molecule has 1 aromatic rings. The van der Waals surface area contributed by atoms with Crippen LogP contribution in [0.2, 0.25) is 0 Å². The number of nitrogens with one attached hydrogen (secondary N) is 2. The molecule has 1 aliphatic rings. The summed E-state index contributed by atoms with van der Waals surface area (Å²) < 4.78 is 43.9. The van der Waals surface area contributed by atoms with Crippen molar-refractivity contribution in [1.82, 2.24) is 9.97 Å². The first-order valence-corrected chi connectivity index (χ1v) is 7.00. The zero-order chi connectivity index (χ0) is 15.5. The minimum Gasteiger partial charge on any atom is -0.378 e. The average molecular weight is 304 g/mol. The lowest BCUT2D eigenvalue weighted by atomic mass is 9.89. The van der Waals surface area contributed by atoms with Crippen LogP contribution in [0.3, 0.4) is 0 Å². The van der Waals surface area contributed by atoms with Gasteiger partial charge in [0, 0.05) is 25.3 Å². The molecule has 1 aromatic heterocycles. The monoisotopic (exact) mass is 304 g/mol. The molecule has 118 valence electrons. The van der Waals surface area contributed by atoms with E-state index in [1.807, 2.05) is 6.92 Å². The van der Waals surface area contributed by atoms with E-state index >= 15 is 0 Å². The lowest BCUT2D eigenvalue weighted by Gasteiger charge is -2.35. The summed E-state index contributed by atoms with van der Waals surface area (Å²) in [6, 6.07) is 1.03. The topological polar surface area (TPSA) is 59.1 Å². The first kappa shape index (κ1) is 15.8. The first-order chi connectivity index (χ1) is 9.92. The van der Waals surface area contributed by atoms with Crippen LogP contribution in [0.1, 0.15) is 32.4 Å². The number of ether oxygens (including phenoxy) is 1. The molecule has 0 bridgehead atoms. The molecule has 0 atom stereocenters. The Balaban J connectivity index is 2.06. The van der Waals surface area contributed by atoms with Gasteiger partial charge in [0.15, 0.2) is 5.69 Å². The molecular formula is C13H19F3N4O. The van der Waals surface area contributed by atoms with Gasteiger partial charge in [-0.25, -0.2) is 4.98 Å². The smallest absolute Gasteiger partial charge is 0.378 e. The summed E-state index contributed by atoms with van der Waals surface area (Å²) in [5, 5.41) is 5.72. The van der Waals surface area contributed by atoms with Crippen molar-refractivity contribution in [2.45, 2.75) is 45.0 Å². The van der Waals surface area contributed by atoms with Crippen molar-refractivity contribution >= 4 is 11.8 Å². The maximum Gasteiger partial charge on any atom is 0.433 e. The third kappa shape index (κ3) is 4.20. The van der Waals surface area contributed by atoms with Gasteiger partial charge in [-0.05, 0) is 26.7 Å². The van der Waals surface area contributed by atoms with Gasteiger partial charge < -0.3 is 15.4 Å². The van der Waals surface area contributed by atoms with E-state index in [0.29, 0.717) is 13.2 Å². The number of aromatic nitrogens is 2. The van der Waals surface area contributed by atoms with Crippen molar-refractivity contribution in [3.63, 3.8) is 0 Å². The fourth-order valence-corrected chi connectivity index (χ4v) is 2.17. The van der Waals surface area contributed by atoms with Gasteiger partial charge in [-0.15, -0.1) is 0 Å². The molecule has 5 nitrogen and oxygen atoms in total. The van der Waals surface area contributed by atoms with Crippen LogP contribution in [0, 0.1) is 0 Å². The highest BCUT2D eigenvalue weighted by atomic mass is 19.4. The second kappa shape index (κ2) is 6.46. The van der Waals surface area contributed by atoms with Crippen LogP contribution in [-0.2, 0) is 10.9 Å². The van der Waals surface area contributed by atoms with E-state index in [0.717, 1.165) is 18.9 Å². The summed E-state index contributed by atoms with van der Waals surface area (Å²) in [7, 11) is 0. The fourth-order valence-electron chi connectivity index (χ4n) is 2.17. The molecule has 0 radical (unpaired) electrons. The largest absolute Gasteiger partial charge is 0.433 e. The van der Waals surface area contributed by atoms with E-state index < -0.39 is 11.9 Å². The molecule has 1 saturated carbocycles. The second-order valence-electron chi connectivity index (χ2n) is 4.88. The summed E-state index contributed by atoms with van der Waals surface area (Å²) in [6.07, 6.45) is -2.76. The van der Waals surface area contributed by atoms with Gasteiger partial charge in [-0.3, -0.25) is 0 Å². The van der Waals surface area contributed by atoms with E-state index in [-0.39, 0.29) is 23.9 Å². The van der Waals surface area contributed by atoms with E-state index in [1.165, 1.54) is 0 Å². The molecule has 8 heteroatoms. The zero-order valence-electron chi connectivity index (χ0n) is 12.0. The van der Waals surface area contributed by atoms with Crippen molar-refractivity contribution < 1.29 is 17.9 Å². The van der Waals surface area contributed by atoms with Gasteiger partial charge in [0.2, 0.25) is 5.95 Å². The van der Waals surface area contributed by atoms with E-state index in [4.69, 9.17) is 4.74 Å². The van der Waals surface area contributed by atoms with Crippen LogP contribution >= 0.6 is 0 Å². The first-order valence-electron chi connectivity index (χ1n) is 7.00. The molecule has 0 spiro atoms. The molecule has 1 heterocycles.